The van der Waals surface area contributed by atoms with E-state index in [1.54, 1.807) is 14.0 Å². The number of likely N-dealkylation sites (N-methyl/N-ethyl adjacent to an activating group) is 1. The lowest BCUT2D eigenvalue weighted by Gasteiger charge is -2.35. The van der Waals surface area contributed by atoms with Crippen molar-refractivity contribution in [3.63, 3.8) is 0 Å². The summed E-state index contributed by atoms with van der Waals surface area (Å²) in [5, 5.41) is 3.14. The lowest BCUT2D eigenvalue weighted by atomic mass is 9.88. The summed E-state index contributed by atoms with van der Waals surface area (Å²) in [5.41, 5.74) is 0.294. The van der Waals surface area contributed by atoms with Crippen molar-refractivity contribution < 1.29 is 17.9 Å². The van der Waals surface area contributed by atoms with Crippen molar-refractivity contribution in [3.05, 3.63) is 34.9 Å². The molecule has 1 atom stereocenters. The molecule has 0 aliphatic rings. The molecule has 0 spiro atoms. The third-order valence-corrected chi connectivity index (χ3v) is 3.41. The molecule has 1 aromatic carbocycles. The molecular formula is C15H22F3NO. The zero-order valence-corrected chi connectivity index (χ0v) is 12.6. The summed E-state index contributed by atoms with van der Waals surface area (Å²) in [7, 11) is 1.78. The van der Waals surface area contributed by atoms with Gasteiger partial charge in [-0.25, -0.2) is 0 Å². The predicted molar refractivity (Wildman–Crippen MR) is 73.7 cm³/mol. The minimum atomic E-state index is -4.31. The molecule has 0 amide bonds. The maximum Gasteiger partial charge on any atom is 0.416 e. The zero-order valence-electron chi connectivity index (χ0n) is 12.6. The molecule has 0 radical (unpaired) electrons. The second kappa shape index (κ2) is 6.14. The third-order valence-electron chi connectivity index (χ3n) is 3.41. The van der Waals surface area contributed by atoms with Gasteiger partial charge >= 0.3 is 6.18 Å². The largest absolute Gasteiger partial charge is 0.416 e. The number of hydrogen-bond donors (Lipinski definition) is 1. The molecule has 1 N–H and O–H groups in total. The lowest BCUT2D eigenvalue weighted by molar-refractivity contribution is -0.137. The predicted octanol–water partition coefficient (Wildman–Crippen LogP) is 4.09. The average molecular weight is 289 g/mol. The van der Waals surface area contributed by atoms with E-state index in [4.69, 9.17) is 4.74 Å². The van der Waals surface area contributed by atoms with Crippen LogP contribution in [0.15, 0.2) is 18.2 Å². The highest BCUT2D eigenvalue weighted by Gasteiger charge is 2.34. The first-order valence-corrected chi connectivity index (χ1v) is 6.62. The molecule has 1 aromatic rings. The van der Waals surface area contributed by atoms with Gasteiger partial charge in [-0.05, 0) is 58.0 Å². The van der Waals surface area contributed by atoms with Crippen LogP contribution in [0.1, 0.15) is 43.5 Å². The molecular weight excluding hydrogens is 267 g/mol. The second-order valence-electron chi connectivity index (χ2n) is 5.33. The Hall–Kier alpha value is -1.07. The van der Waals surface area contributed by atoms with Crippen molar-refractivity contribution in [1.82, 2.24) is 5.32 Å². The Balaban J connectivity index is 3.18. The van der Waals surface area contributed by atoms with Crippen LogP contribution in [0.4, 0.5) is 13.2 Å². The molecule has 1 rings (SSSR count). The summed E-state index contributed by atoms with van der Waals surface area (Å²) in [6, 6.07) is 3.65. The average Bonchev–Trinajstić information content (AvgIpc) is 2.30. The Labute approximate surface area is 118 Å². The molecule has 0 aromatic heterocycles. The zero-order chi connectivity index (χ0) is 15.6. The van der Waals surface area contributed by atoms with E-state index in [0.29, 0.717) is 12.2 Å². The number of alkyl halides is 3. The van der Waals surface area contributed by atoms with Gasteiger partial charge in [-0.15, -0.1) is 0 Å². The molecule has 0 fully saturated rings. The van der Waals surface area contributed by atoms with Gasteiger partial charge in [-0.1, -0.05) is 6.07 Å². The van der Waals surface area contributed by atoms with E-state index in [-0.39, 0.29) is 6.04 Å². The Morgan fingerprint density at radius 1 is 1.25 bits per heavy atom. The Morgan fingerprint density at radius 2 is 1.85 bits per heavy atom. The van der Waals surface area contributed by atoms with Gasteiger partial charge in [0, 0.05) is 6.61 Å². The van der Waals surface area contributed by atoms with Gasteiger partial charge in [0.1, 0.15) is 0 Å². The quantitative estimate of drug-likeness (QED) is 0.881. The van der Waals surface area contributed by atoms with Gasteiger partial charge < -0.3 is 10.1 Å². The van der Waals surface area contributed by atoms with E-state index >= 15 is 0 Å². The smallest absolute Gasteiger partial charge is 0.374 e. The molecule has 1 unspecified atom stereocenters. The number of aryl methyl sites for hydroxylation is 1. The minimum absolute atomic E-state index is 0.176. The summed E-state index contributed by atoms with van der Waals surface area (Å²) < 4.78 is 43.8. The van der Waals surface area contributed by atoms with Gasteiger partial charge in [0.2, 0.25) is 0 Å². The fraction of sp³-hybridized carbons (Fsp3) is 0.600. The first-order valence-electron chi connectivity index (χ1n) is 6.62. The van der Waals surface area contributed by atoms with Crippen molar-refractivity contribution in [2.45, 2.75) is 45.5 Å². The molecule has 5 heteroatoms. The molecule has 20 heavy (non-hydrogen) atoms. The normalized spacial score (nSPS) is 14.4. The summed E-state index contributed by atoms with van der Waals surface area (Å²) in [6.07, 6.45) is -4.31. The maximum atomic E-state index is 12.7. The maximum absolute atomic E-state index is 12.7. The van der Waals surface area contributed by atoms with Gasteiger partial charge in [0.05, 0.1) is 17.2 Å². The summed E-state index contributed by atoms with van der Waals surface area (Å²) in [4.78, 5) is 0. The van der Waals surface area contributed by atoms with Crippen LogP contribution in [0.25, 0.3) is 0 Å². The standard InChI is InChI=1S/C15H22F3NO/c1-6-20-14(3,4)13(19-5)12-8-7-11(9-10(12)2)15(16,17)18/h7-9,13,19H,6H2,1-5H3. The SMILES string of the molecule is CCOC(C)(C)C(NC)c1ccc(C(F)(F)F)cc1C. The number of rotatable bonds is 5. The first-order chi connectivity index (χ1) is 9.13. The Kier molecular flexibility index (Phi) is 5.21. The van der Waals surface area contributed by atoms with Crippen LogP contribution in [-0.4, -0.2) is 19.3 Å². The Morgan fingerprint density at radius 3 is 2.25 bits per heavy atom. The first kappa shape index (κ1) is 17.0. The molecule has 0 saturated heterocycles. The fourth-order valence-electron chi connectivity index (χ4n) is 2.51. The highest BCUT2D eigenvalue weighted by molar-refractivity contribution is 5.36. The van der Waals surface area contributed by atoms with Crippen LogP contribution < -0.4 is 5.32 Å². The van der Waals surface area contributed by atoms with Crippen LogP contribution >= 0.6 is 0 Å². The second-order valence-corrected chi connectivity index (χ2v) is 5.33. The number of halogens is 3. The van der Waals surface area contributed by atoms with Crippen LogP contribution in [0.5, 0.6) is 0 Å². The fourth-order valence-corrected chi connectivity index (χ4v) is 2.51. The summed E-state index contributed by atoms with van der Waals surface area (Å²) in [6.45, 7) is 7.99. The summed E-state index contributed by atoms with van der Waals surface area (Å²) >= 11 is 0. The van der Waals surface area contributed by atoms with Crippen LogP contribution in [-0.2, 0) is 10.9 Å². The van der Waals surface area contributed by atoms with Crippen molar-refractivity contribution >= 4 is 0 Å². The number of nitrogens with one attached hydrogen (secondary N) is 1. The molecule has 0 aliphatic heterocycles. The van der Waals surface area contributed by atoms with Crippen LogP contribution in [0, 0.1) is 6.92 Å². The van der Waals surface area contributed by atoms with E-state index in [1.807, 2.05) is 20.8 Å². The van der Waals surface area contributed by atoms with Crippen molar-refractivity contribution in [2.75, 3.05) is 13.7 Å². The van der Waals surface area contributed by atoms with E-state index in [2.05, 4.69) is 5.32 Å². The number of benzene rings is 1. The topological polar surface area (TPSA) is 21.3 Å². The van der Waals surface area contributed by atoms with Crippen LogP contribution in [0.3, 0.4) is 0 Å². The van der Waals surface area contributed by atoms with Crippen molar-refractivity contribution in [2.24, 2.45) is 0 Å². The van der Waals surface area contributed by atoms with Crippen LogP contribution in [0.2, 0.25) is 0 Å². The molecule has 0 saturated carbocycles. The highest BCUT2D eigenvalue weighted by atomic mass is 19.4. The monoisotopic (exact) mass is 289 g/mol. The van der Waals surface area contributed by atoms with E-state index in [0.717, 1.165) is 11.6 Å². The van der Waals surface area contributed by atoms with E-state index in [1.165, 1.54) is 12.1 Å². The Bertz CT molecular complexity index is 455. The van der Waals surface area contributed by atoms with Gasteiger partial charge in [-0.2, -0.15) is 13.2 Å². The van der Waals surface area contributed by atoms with E-state index < -0.39 is 17.3 Å². The number of hydrogen-bond acceptors (Lipinski definition) is 2. The van der Waals surface area contributed by atoms with Gasteiger partial charge in [-0.3, -0.25) is 0 Å². The molecule has 0 heterocycles. The van der Waals surface area contributed by atoms with Crippen molar-refractivity contribution in [3.8, 4) is 0 Å². The van der Waals surface area contributed by atoms with Crippen molar-refractivity contribution in [1.29, 1.82) is 0 Å². The van der Waals surface area contributed by atoms with E-state index in [9.17, 15) is 13.2 Å². The molecule has 114 valence electrons. The number of ether oxygens (including phenoxy) is 1. The molecule has 0 bridgehead atoms. The van der Waals surface area contributed by atoms with Gasteiger partial charge in [0.15, 0.2) is 0 Å². The third kappa shape index (κ3) is 3.73. The highest BCUT2D eigenvalue weighted by Crippen LogP contribution is 2.35. The molecule has 0 aliphatic carbocycles. The lowest BCUT2D eigenvalue weighted by Crippen LogP contribution is -2.40. The summed E-state index contributed by atoms with van der Waals surface area (Å²) in [5.74, 6) is 0. The van der Waals surface area contributed by atoms with Gasteiger partial charge in [0.25, 0.3) is 0 Å². The minimum Gasteiger partial charge on any atom is -0.374 e. The molecule has 2 nitrogen and oxygen atoms in total.